The molecular formula is C22H27NO4. The smallest absolute Gasteiger partial charge is 0.262 e. The third-order valence-electron chi connectivity index (χ3n) is 4.52. The molecule has 144 valence electrons. The van der Waals surface area contributed by atoms with Crippen LogP contribution in [-0.2, 0) is 11.2 Å². The molecule has 5 nitrogen and oxygen atoms in total. The maximum atomic E-state index is 12.5. The fourth-order valence-electron chi connectivity index (χ4n) is 3.53. The Labute approximate surface area is 160 Å². The Morgan fingerprint density at radius 2 is 1.85 bits per heavy atom. The molecule has 3 rings (SSSR count). The van der Waals surface area contributed by atoms with Crippen molar-refractivity contribution in [2.45, 2.75) is 47.1 Å². The lowest BCUT2D eigenvalue weighted by Crippen LogP contribution is -2.21. The second kappa shape index (κ2) is 7.91. The summed E-state index contributed by atoms with van der Waals surface area (Å²) in [7, 11) is 0. The average molecular weight is 369 g/mol. The Morgan fingerprint density at radius 3 is 2.52 bits per heavy atom. The highest BCUT2D eigenvalue weighted by Gasteiger charge is 2.22. The number of anilines is 1. The maximum absolute atomic E-state index is 12.5. The molecule has 0 fully saturated rings. The summed E-state index contributed by atoms with van der Waals surface area (Å²) in [5.41, 5.74) is 4.93. The molecule has 1 amide bonds. The third-order valence-corrected chi connectivity index (χ3v) is 4.52. The zero-order valence-electron chi connectivity index (χ0n) is 16.6. The molecule has 0 spiro atoms. The molecule has 0 saturated heterocycles. The highest BCUT2D eigenvalue weighted by molar-refractivity contribution is 5.93. The van der Waals surface area contributed by atoms with Crippen molar-refractivity contribution in [2.75, 3.05) is 18.5 Å². The lowest BCUT2D eigenvalue weighted by Gasteiger charge is -2.15. The first kappa shape index (κ1) is 19.1. The van der Waals surface area contributed by atoms with Crippen molar-refractivity contribution in [1.29, 1.82) is 0 Å². The molecule has 5 heteroatoms. The number of carbonyl (C=O) groups is 1. The first-order chi connectivity index (χ1) is 12.9. The molecular weight excluding hydrogens is 342 g/mol. The van der Waals surface area contributed by atoms with Crippen LogP contribution in [-0.4, -0.2) is 25.2 Å². The van der Waals surface area contributed by atoms with Gasteiger partial charge in [0.15, 0.2) is 6.61 Å². The zero-order chi connectivity index (χ0) is 19.6. The van der Waals surface area contributed by atoms with Crippen LogP contribution in [0.3, 0.4) is 0 Å². The summed E-state index contributed by atoms with van der Waals surface area (Å²) in [6, 6.07) is 7.88. The quantitative estimate of drug-likeness (QED) is 0.822. The van der Waals surface area contributed by atoms with Gasteiger partial charge in [-0.25, -0.2) is 0 Å². The van der Waals surface area contributed by atoms with Gasteiger partial charge in [-0.15, -0.1) is 0 Å². The van der Waals surface area contributed by atoms with Gasteiger partial charge in [-0.1, -0.05) is 17.7 Å². The minimum absolute atomic E-state index is 0.0648. The Morgan fingerprint density at radius 1 is 1.15 bits per heavy atom. The van der Waals surface area contributed by atoms with Crippen molar-refractivity contribution in [3.63, 3.8) is 0 Å². The van der Waals surface area contributed by atoms with Gasteiger partial charge in [0.25, 0.3) is 5.91 Å². The summed E-state index contributed by atoms with van der Waals surface area (Å²) in [5, 5.41) is 2.89. The van der Waals surface area contributed by atoms with E-state index in [1.54, 1.807) is 0 Å². The molecule has 0 aromatic heterocycles. The van der Waals surface area contributed by atoms with E-state index in [4.69, 9.17) is 14.2 Å². The summed E-state index contributed by atoms with van der Waals surface area (Å²) >= 11 is 0. The minimum Gasteiger partial charge on any atom is -0.492 e. The molecule has 27 heavy (non-hydrogen) atoms. The molecule has 0 unspecified atom stereocenters. The van der Waals surface area contributed by atoms with Gasteiger partial charge in [0.1, 0.15) is 23.4 Å². The lowest BCUT2D eigenvalue weighted by molar-refractivity contribution is -0.118. The predicted molar refractivity (Wildman–Crippen MR) is 106 cm³/mol. The standard InChI is InChI=1S/C22H27NO4/c1-6-25-20-10-17-9-16(5)27-19(17)11-18(20)23-21(24)12-26-22-14(3)7-13(2)8-15(22)4/h7-8,10-11,16H,6,9,12H2,1-5H3,(H,23,24)/t16-/m1/s1. The number of carbonyl (C=O) groups excluding carboxylic acids is 1. The van der Waals surface area contributed by atoms with Crippen LogP contribution >= 0.6 is 0 Å². The number of nitrogens with one attached hydrogen (secondary N) is 1. The van der Waals surface area contributed by atoms with Gasteiger partial charge in [-0.2, -0.15) is 0 Å². The molecule has 0 radical (unpaired) electrons. The summed E-state index contributed by atoms with van der Waals surface area (Å²) in [4.78, 5) is 12.5. The largest absolute Gasteiger partial charge is 0.492 e. The van der Waals surface area contributed by atoms with Crippen LogP contribution in [0.1, 0.15) is 36.1 Å². The molecule has 1 aliphatic heterocycles. The van der Waals surface area contributed by atoms with E-state index in [0.717, 1.165) is 34.6 Å². The molecule has 0 saturated carbocycles. The van der Waals surface area contributed by atoms with Crippen LogP contribution in [0.5, 0.6) is 17.2 Å². The summed E-state index contributed by atoms with van der Waals surface area (Å²) in [6.07, 6.45) is 0.981. The second-order valence-electron chi connectivity index (χ2n) is 7.09. The van der Waals surface area contributed by atoms with E-state index in [9.17, 15) is 4.79 Å². The maximum Gasteiger partial charge on any atom is 0.262 e. The fourth-order valence-corrected chi connectivity index (χ4v) is 3.53. The normalized spacial score (nSPS) is 15.1. The van der Waals surface area contributed by atoms with Crippen molar-refractivity contribution in [2.24, 2.45) is 0 Å². The Bertz CT molecular complexity index is 837. The minimum atomic E-state index is -0.235. The number of amides is 1. The van der Waals surface area contributed by atoms with Crippen molar-refractivity contribution < 1.29 is 19.0 Å². The summed E-state index contributed by atoms with van der Waals surface area (Å²) in [6.45, 7) is 10.4. The zero-order valence-corrected chi connectivity index (χ0v) is 16.6. The Kier molecular flexibility index (Phi) is 5.59. The number of aryl methyl sites for hydroxylation is 3. The second-order valence-corrected chi connectivity index (χ2v) is 7.09. The number of benzene rings is 2. The van der Waals surface area contributed by atoms with E-state index >= 15 is 0 Å². The van der Waals surface area contributed by atoms with E-state index in [1.165, 1.54) is 5.56 Å². The van der Waals surface area contributed by atoms with E-state index in [2.05, 4.69) is 5.32 Å². The van der Waals surface area contributed by atoms with Crippen LogP contribution in [0, 0.1) is 20.8 Å². The van der Waals surface area contributed by atoms with Gasteiger partial charge in [0.05, 0.1) is 12.3 Å². The van der Waals surface area contributed by atoms with E-state index in [0.29, 0.717) is 18.0 Å². The third kappa shape index (κ3) is 4.35. The number of rotatable bonds is 6. The van der Waals surface area contributed by atoms with Crippen molar-refractivity contribution in [1.82, 2.24) is 0 Å². The Hall–Kier alpha value is -2.69. The van der Waals surface area contributed by atoms with Gasteiger partial charge in [0, 0.05) is 18.1 Å². The van der Waals surface area contributed by atoms with Crippen LogP contribution in [0.25, 0.3) is 0 Å². The number of hydrogen-bond donors (Lipinski definition) is 1. The molecule has 1 aliphatic rings. The van der Waals surface area contributed by atoms with Crippen LogP contribution in [0.15, 0.2) is 24.3 Å². The number of fused-ring (bicyclic) bond motifs is 1. The molecule has 2 aromatic rings. The number of hydrogen-bond acceptors (Lipinski definition) is 4. The van der Waals surface area contributed by atoms with Gasteiger partial charge in [-0.3, -0.25) is 4.79 Å². The highest BCUT2D eigenvalue weighted by Crippen LogP contribution is 2.38. The van der Waals surface area contributed by atoms with Crippen LogP contribution < -0.4 is 19.5 Å². The van der Waals surface area contributed by atoms with E-state index in [1.807, 2.05) is 58.9 Å². The molecule has 2 aromatic carbocycles. The van der Waals surface area contributed by atoms with Gasteiger partial charge < -0.3 is 19.5 Å². The van der Waals surface area contributed by atoms with Crippen molar-refractivity contribution >= 4 is 11.6 Å². The van der Waals surface area contributed by atoms with E-state index < -0.39 is 0 Å². The van der Waals surface area contributed by atoms with Crippen LogP contribution in [0.2, 0.25) is 0 Å². The van der Waals surface area contributed by atoms with Crippen molar-refractivity contribution in [3.8, 4) is 17.2 Å². The molecule has 0 aliphatic carbocycles. The monoisotopic (exact) mass is 369 g/mol. The fraction of sp³-hybridized carbons (Fsp3) is 0.409. The highest BCUT2D eigenvalue weighted by atomic mass is 16.5. The van der Waals surface area contributed by atoms with Crippen LogP contribution in [0.4, 0.5) is 5.69 Å². The molecule has 1 heterocycles. The number of ether oxygens (including phenoxy) is 3. The van der Waals surface area contributed by atoms with Crippen molar-refractivity contribution in [3.05, 3.63) is 46.5 Å². The molecule has 1 N–H and O–H groups in total. The van der Waals surface area contributed by atoms with E-state index in [-0.39, 0.29) is 18.6 Å². The topological polar surface area (TPSA) is 56.8 Å². The lowest BCUT2D eigenvalue weighted by atomic mass is 10.1. The first-order valence-corrected chi connectivity index (χ1v) is 9.34. The van der Waals surface area contributed by atoms with Gasteiger partial charge in [0.2, 0.25) is 0 Å². The first-order valence-electron chi connectivity index (χ1n) is 9.34. The SMILES string of the molecule is CCOc1cc2c(cc1NC(=O)COc1c(C)cc(C)cc1C)O[C@H](C)C2. The predicted octanol–water partition coefficient (Wildman–Crippen LogP) is 4.35. The molecule has 1 atom stereocenters. The Balaban J connectivity index is 1.72. The summed E-state index contributed by atoms with van der Waals surface area (Å²) < 4.78 is 17.3. The summed E-state index contributed by atoms with van der Waals surface area (Å²) in [5.74, 6) is 1.98. The molecule has 0 bridgehead atoms. The van der Waals surface area contributed by atoms with Gasteiger partial charge >= 0.3 is 0 Å². The van der Waals surface area contributed by atoms with Gasteiger partial charge in [-0.05, 0) is 51.8 Å². The average Bonchev–Trinajstić information content (AvgIpc) is 2.93.